The van der Waals surface area contributed by atoms with Crippen LogP contribution in [0.4, 0.5) is 0 Å². The minimum atomic E-state index is -0.286. The summed E-state index contributed by atoms with van der Waals surface area (Å²) in [7, 11) is 0. The molecule has 0 spiro atoms. The molecule has 0 amide bonds. The van der Waals surface area contributed by atoms with Gasteiger partial charge in [0.25, 0.3) is 0 Å². The number of fused-ring (bicyclic) bond motifs is 1. The molecule has 0 radical (unpaired) electrons. The van der Waals surface area contributed by atoms with Gasteiger partial charge in [0.05, 0.1) is 24.1 Å². The largest absolute Gasteiger partial charge is 0.482 e. The maximum absolute atomic E-state index is 9.64. The van der Waals surface area contributed by atoms with Crippen molar-refractivity contribution in [1.82, 2.24) is 34.6 Å². The summed E-state index contributed by atoms with van der Waals surface area (Å²) in [5, 5.41) is 22.3. The van der Waals surface area contributed by atoms with Crippen molar-refractivity contribution >= 4 is 5.52 Å². The summed E-state index contributed by atoms with van der Waals surface area (Å²) < 4.78 is 10.2. The standard InChI is InChI=1S/C26H28N8O/c1-17-23(13-31-34(17)22-15-32(16-22)21-6-8-28-12-21)19-9-25(26-20(10-27)11-30-33(26)14-19)35-18(2)24-5-3-4-7-29-24/h3-5,7,9,11,13-14,18,21-22,28H,6,8,12,15-16H2,1-2H3/t18-,21-/m1/s1. The van der Waals surface area contributed by atoms with Gasteiger partial charge in [0.15, 0.2) is 0 Å². The average Bonchev–Trinajstić information content (AvgIpc) is 3.60. The molecule has 0 unspecified atom stereocenters. The van der Waals surface area contributed by atoms with Gasteiger partial charge in [0.1, 0.15) is 29.0 Å². The van der Waals surface area contributed by atoms with Crippen molar-refractivity contribution in [2.24, 2.45) is 0 Å². The van der Waals surface area contributed by atoms with Crippen molar-refractivity contribution in [3.05, 3.63) is 66.0 Å². The third-order valence-electron chi connectivity index (χ3n) is 7.25. The summed E-state index contributed by atoms with van der Waals surface area (Å²) in [6, 6.07) is 11.0. The molecule has 0 aliphatic carbocycles. The summed E-state index contributed by atoms with van der Waals surface area (Å²) in [5.74, 6) is 0.602. The van der Waals surface area contributed by atoms with Gasteiger partial charge in [-0.1, -0.05) is 6.07 Å². The third kappa shape index (κ3) is 3.85. The van der Waals surface area contributed by atoms with Crippen molar-refractivity contribution < 1.29 is 4.74 Å². The lowest BCUT2D eigenvalue weighted by Gasteiger charge is -2.43. The predicted octanol–water partition coefficient (Wildman–Crippen LogP) is 3.13. The lowest BCUT2D eigenvalue weighted by Crippen LogP contribution is -2.53. The first kappa shape index (κ1) is 21.8. The van der Waals surface area contributed by atoms with Gasteiger partial charge in [0, 0.05) is 54.9 Å². The molecule has 4 aromatic rings. The molecule has 6 heterocycles. The number of nitrogens with one attached hydrogen (secondary N) is 1. The fraction of sp³-hybridized carbons (Fsp3) is 0.385. The Morgan fingerprint density at radius 2 is 2.09 bits per heavy atom. The molecule has 0 saturated carbocycles. The molecule has 2 saturated heterocycles. The van der Waals surface area contributed by atoms with E-state index in [4.69, 9.17) is 9.84 Å². The van der Waals surface area contributed by atoms with Crippen molar-refractivity contribution in [2.45, 2.75) is 38.5 Å². The fourth-order valence-electron chi connectivity index (χ4n) is 5.24. The number of aromatic nitrogens is 5. The van der Waals surface area contributed by atoms with E-state index in [9.17, 15) is 5.26 Å². The van der Waals surface area contributed by atoms with Gasteiger partial charge in [-0.3, -0.25) is 14.6 Å². The maximum Gasteiger partial charge on any atom is 0.148 e. The monoisotopic (exact) mass is 468 g/mol. The maximum atomic E-state index is 9.64. The second-order valence-electron chi connectivity index (χ2n) is 9.41. The highest BCUT2D eigenvalue weighted by Gasteiger charge is 2.36. The quantitative estimate of drug-likeness (QED) is 0.464. The molecule has 35 heavy (non-hydrogen) atoms. The van der Waals surface area contributed by atoms with Gasteiger partial charge in [-0.25, -0.2) is 4.52 Å². The Kier molecular flexibility index (Phi) is 5.47. The number of ether oxygens (including phenoxy) is 1. The molecule has 9 nitrogen and oxygen atoms in total. The predicted molar refractivity (Wildman–Crippen MR) is 131 cm³/mol. The van der Waals surface area contributed by atoms with Gasteiger partial charge in [-0.2, -0.15) is 15.5 Å². The Bertz CT molecular complexity index is 1390. The van der Waals surface area contributed by atoms with E-state index in [1.807, 2.05) is 43.6 Å². The molecular weight excluding hydrogens is 440 g/mol. The first-order valence-electron chi connectivity index (χ1n) is 12.1. The van der Waals surface area contributed by atoms with Crippen molar-refractivity contribution in [3.63, 3.8) is 0 Å². The van der Waals surface area contributed by atoms with Crippen LogP contribution in [0.2, 0.25) is 0 Å². The second kappa shape index (κ2) is 8.80. The fourth-order valence-corrected chi connectivity index (χ4v) is 5.24. The smallest absolute Gasteiger partial charge is 0.148 e. The highest BCUT2D eigenvalue weighted by atomic mass is 16.5. The van der Waals surface area contributed by atoms with Crippen LogP contribution in [0.1, 0.15) is 42.4 Å². The first-order chi connectivity index (χ1) is 17.1. The summed E-state index contributed by atoms with van der Waals surface area (Å²) in [5.41, 5.74) is 5.07. The Morgan fingerprint density at radius 3 is 2.83 bits per heavy atom. The highest BCUT2D eigenvalue weighted by Crippen LogP contribution is 2.35. The molecule has 1 N–H and O–H groups in total. The topological polar surface area (TPSA) is 96.3 Å². The lowest BCUT2D eigenvalue weighted by molar-refractivity contribution is 0.0595. The molecule has 2 fully saturated rings. The minimum Gasteiger partial charge on any atom is -0.482 e. The van der Waals surface area contributed by atoms with Gasteiger partial charge in [-0.05, 0) is 45.0 Å². The Hall–Kier alpha value is -3.74. The van der Waals surface area contributed by atoms with E-state index >= 15 is 0 Å². The third-order valence-corrected chi connectivity index (χ3v) is 7.25. The molecule has 178 valence electrons. The molecule has 9 heteroatoms. The molecular formula is C26H28N8O. The van der Waals surface area contributed by atoms with Gasteiger partial charge >= 0.3 is 0 Å². The normalized spacial score (nSPS) is 19.5. The molecule has 6 rings (SSSR count). The molecule has 4 aromatic heterocycles. The van der Waals surface area contributed by atoms with Crippen LogP contribution in [-0.2, 0) is 0 Å². The average molecular weight is 469 g/mol. The zero-order valence-corrected chi connectivity index (χ0v) is 19.9. The lowest BCUT2D eigenvalue weighted by atomic mass is 10.0. The van der Waals surface area contributed by atoms with Crippen LogP contribution in [0.5, 0.6) is 5.75 Å². The van der Waals surface area contributed by atoms with Crippen molar-refractivity contribution in [1.29, 1.82) is 5.26 Å². The highest BCUT2D eigenvalue weighted by molar-refractivity contribution is 5.76. The molecule has 2 aliphatic heterocycles. The van der Waals surface area contributed by atoms with Crippen LogP contribution in [0.15, 0.2) is 49.1 Å². The number of likely N-dealkylation sites (tertiary alicyclic amines) is 1. The molecule has 0 aromatic carbocycles. The zero-order chi connectivity index (χ0) is 23.9. The Labute approximate surface area is 203 Å². The van der Waals surface area contributed by atoms with Gasteiger partial charge in [-0.15, -0.1) is 0 Å². The molecule has 2 aliphatic rings. The van der Waals surface area contributed by atoms with Crippen molar-refractivity contribution in [3.8, 4) is 22.9 Å². The van der Waals surface area contributed by atoms with E-state index in [-0.39, 0.29) is 6.10 Å². The summed E-state index contributed by atoms with van der Waals surface area (Å²) >= 11 is 0. The van der Waals surface area contributed by atoms with Crippen LogP contribution < -0.4 is 10.1 Å². The van der Waals surface area contributed by atoms with Gasteiger partial charge < -0.3 is 10.1 Å². The SMILES string of the molecule is Cc1c(-c2cc(O[C@H](C)c3ccccn3)c3c(C#N)cnn3c2)cnn1C1CN([C@@H]2CCNC2)C1. The molecule has 0 bridgehead atoms. The zero-order valence-electron chi connectivity index (χ0n) is 19.9. The van der Waals surface area contributed by atoms with Crippen molar-refractivity contribution in [2.75, 3.05) is 26.2 Å². The van der Waals surface area contributed by atoms with Crippen LogP contribution in [0.3, 0.4) is 0 Å². The van der Waals surface area contributed by atoms with Crippen LogP contribution in [0, 0.1) is 18.3 Å². The van der Waals surface area contributed by atoms with Crippen LogP contribution >= 0.6 is 0 Å². The number of nitriles is 1. The first-order valence-corrected chi connectivity index (χ1v) is 12.1. The summed E-state index contributed by atoms with van der Waals surface area (Å²) in [4.78, 5) is 6.97. The number of hydrogen-bond acceptors (Lipinski definition) is 7. The second-order valence-corrected chi connectivity index (χ2v) is 9.41. The molecule has 2 atom stereocenters. The van der Waals surface area contributed by atoms with E-state index in [1.165, 1.54) is 6.42 Å². The number of hydrogen-bond donors (Lipinski definition) is 1. The van der Waals surface area contributed by atoms with E-state index in [2.05, 4.69) is 38.0 Å². The number of pyridine rings is 2. The summed E-state index contributed by atoms with van der Waals surface area (Å²) in [6.07, 6.45) is 8.14. The number of nitrogens with zero attached hydrogens (tertiary/aromatic N) is 7. The van der Waals surface area contributed by atoms with Crippen LogP contribution in [-0.4, -0.2) is 61.5 Å². The Morgan fingerprint density at radius 1 is 1.20 bits per heavy atom. The van der Waals surface area contributed by atoms with E-state index in [1.54, 1.807) is 16.9 Å². The van der Waals surface area contributed by atoms with E-state index in [0.29, 0.717) is 28.9 Å². The Balaban J connectivity index is 1.32. The van der Waals surface area contributed by atoms with E-state index < -0.39 is 0 Å². The summed E-state index contributed by atoms with van der Waals surface area (Å²) in [6.45, 7) is 8.35. The van der Waals surface area contributed by atoms with E-state index in [0.717, 1.165) is 48.7 Å². The minimum absolute atomic E-state index is 0.286. The van der Waals surface area contributed by atoms with Gasteiger partial charge in [0.2, 0.25) is 0 Å². The number of rotatable bonds is 6. The van der Waals surface area contributed by atoms with Crippen LogP contribution in [0.25, 0.3) is 16.6 Å².